The number of rotatable bonds is 2. The maximum Gasteiger partial charge on any atom is 0.219 e. The lowest BCUT2D eigenvalue weighted by molar-refractivity contribution is -0.129. The van der Waals surface area contributed by atoms with Crippen LogP contribution in [0.5, 0.6) is 0 Å². The van der Waals surface area contributed by atoms with Crippen molar-refractivity contribution in [2.45, 2.75) is 32.7 Å². The van der Waals surface area contributed by atoms with Crippen molar-refractivity contribution >= 4 is 23.2 Å². The number of benzene rings is 1. The summed E-state index contributed by atoms with van der Waals surface area (Å²) in [5, 5.41) is 4.28. The van der Waals surface area contributed by atoms with Gasteiger partial charge in [-0.05, 0) is 37.5 Å². The first-order valence-electron chi connectivity index (χ1n) is 6.34. The molecule has 1 heterocycles. The maximum atomic E-state index is 11.2. The number of piperidine rings is 1. The highest BCUT2D eigenvalue weighted by molar-refractivity contribution is 6.31. The molecule has 0 radical (unpaired) electrons. The number of halogens is 1. The molecule has 1 aromatic carbocycles. The predicted octanol–water partition coefficient (Wildman–Crippen LogP) is 3.07. The van der Waals surface area contributed by atoms with Crippen LogP contribution in [0.3, 0.4) is 0 Å². The number of nitrogens with zero attached hydrogens (tertiary/aromatic N) is 1. The Morgan fingerprint density at radius 2 is 2.06 bits per heavy atom. The van der Waals surface area contributed by atoms with Gasteiger partial charge in [0.2, 0.25) is 5.91 Å². The van der Waals surface area contributed by atoms with E-state index >= 15 is 0 Å². The molecule has 0 unspecified atom stereocenters. The zero-order chi connectivity index (χ0) is 13.1. The Hall–Kier alpha value is -1.22. The molecule has 1 N–H and O–H groups in total. The molecule has 98 valence electrons. The number of carbonyl (C=O) groups is 1. The van der Waals surface area contributed by atoms with E-state index in [0.29, 0.717) is 6.04 Å². The molecule has 0 saturated carbocycles. The van der Waals surface area contributed by atoms with Gasteiger partial charge in [-0.1, -0.05) is 17.7 Å². The molecule has 0 bridgehead atoms. The number of hydrogen-bond acceptors (Lipinski definition) is 2. The van der Waals surface area contributed by atoms with E-state index in [4.69, 9.17) is 11.6 Å². The molecule has 1 amide bonds. The number of likely N-dealkylation sites (tertiary alicyclic amines) is 1. The van der Waals surface area contributed by atoms with Crippen LogP contribution < -0.4 is 5.32 Å². The summed E-state index contributed by atoms with van der Waals surface area (Å²) in [6.45, 7) is 5.31. The Balaban J connectivity index is 1.91. The maximum absolute atomic E-state index is 11.2. The summed E-state index contributed by atoms with van der Waals surface area (Å²) in [6, 6.07) is 6.47. The Labute approximate surface area is 113 Å². The van der Waals surface area contributed by atoms with Crippen molar-refractivity contribution in [1.29, 1.82) is 0 Å². The second-order valence-electron chi connectivity index (χ2n) is 4.89. The molecular weight excluding hydrogens is 248 g/mol. The van der Waals surface area contributed by atoms with Gasteiger partial charge in [-0.2, -0.15) is 0 Å². The third kappa shape index (κ3) is 3.16. The van der Waals surface area contributed by atoms with Crippen LogP contribution in [-0.2, 0) is 4.79 Å². The largest absolute Gasteiger partial charge is 0.382 e. The van der Waals surface area contributed by atoms with Crippen LogP contribution in [0.2, 0.25) is 5.02 Å². The average molecular weight is 267 g/mol. The van der Waals surface area contributed by atoms with E-state index in [9.17, 15) is 4.79 Å². The first kappa shape index (κ1) is 13.2. The Morgan fingerprint density at radius 1 is 1.39 bits per heavy atom. The SMILES string of the molecule is CC(=O)N1CCC(Nc2ccc(C)c(Cl)c2)CC1. The summed E-state index contributed by atoms with van der Waals surface area (Å²) < 4.78 is 0. The van der Waals surface area contributed by atoms with Crippen LogP contribution in [-0.4, -0.2) is 29.9 Å². The second-order valence-corrected chi connectivity index (χ2v) is 5.30. The lowest BCUT2D eigenvalue weighted by Gasteiger charge is -2.32. The normalized spacial score (nSPS) is 16.7. The smallest absolute Gasteiger partial charge is 0.219 e. The molecule has 1 aliphatic rings. The molecule has 1 aliphatic heterocycles. The van der Waals surface area contributed by atoms with Crippen molar-refractivity contribution in [2.75, 3.05) is 18.4 Å². The summed E-state index contributed by atoms with van der Waals surface area (Å²) in [4.78, 5) is 13.1. The first-order valence-corrected chi connectivity index (χ1v) is 6.72. The molecule has 4 heteroatoms. The van der Waals surface area contributed by atoms with Crippen LogP contribution in [0, 0.1) is 6.92 Å². The van der Waals surface area contributed by atoms with E-state index in [1.54, 1.807) is 6.92 Å². The zero-order valence-corrected chi connectivity index (χ0v) is 11.6. The zero-order valence-electron chi connectivity index (χ0n) is 10.9. The Morgan fingerprint density at radius 3 is 2.61 bits per heavy atom. The lowest BCUT2D eigenvalue weighted by Crippen LogP contribution is -2.41. The van der Waals surface area contributed by atoms with Gasteiger partial charge in [-0.15, -0.1) is 0 Å². The fourth-order valence-corrected chi connectivity index (χ4v) is 2.44. The molecule has 0 spiro atoms. The highest BCUT2D eigenvalue weighted by Gasteiger charge is 2.20. The number of hydrogen-bond donors (Lipinski definition) is 1. The van der Waals surface area contributed by atoms with Gasteiger partial charge in [0.1, 0.15) is 0 Å². The minimum absolute atomic E-state index is 0.173. The van der Waals surface area contributed by atoms with Crippen molar-refractivity contribution in [3.05, 3.63) is 28.8 Å². The van der Waals surface area contributed by atoms with Gasteiger partial charge < -0.3 is 10.2 Å². The minimum atomic E-state index is 0.173. The number of amides is 1. The standard InChI is InChI=1S/C14H19ClN2O/c1-10-3-4-13(9-14(10)15)16-12-5-7-17(8-6-12)11(2)18/h3-4,9,12,16H,5-8H2,1-2H3. The third-order valence-corrected chi connectivity index (χ3v) is 3.89. The van der Waals surface area contributed by atoms with Gasteiger partial charge in [0.25, 0.3) is 0 Å². The average Bonchev–Trinajstić information content (AvgIpc) is 2.34. The van der Waals surface area contributed by atoms with Gasteiger partial charge in [-0.25, -0.2) is 0 Å². The highest BCUT2D eigenvalue weighted by atomic mass is 35.5. The van der Waals surface area contributed by atoms with E-state index in [0.717, 1.165) is 42.2 Å². The predicted molar refractivity (Wildman–Crippen MR) is 75.1 cm³/mol. The van der Waals surface area contributed by atoms with Crippen LogP contribution in [0.15, 0.2) is 18.2 Å². The summed E-state index contributed by atoms with van der Waals surface area (Å²) in [5.74, 6) is 0.173. The van der Waals surface area contributed by atoms with Crippen molar-refractivity contribution < 1.29 is 4.79 Å². The van der Waals surface area contributed by atoms with Gasteiger partial charge in [0, 0.05) is 36.8 Å². The molecule has 1 saturated heterocycles. The summed E-state index contributed by atoms with van der Waals surface area (Å²) in [7, 11) is 0. The fourth-order valence-electron chi connectivity index (χ4n) is 2.26. The van der Waals surface area contributed by atoms with Gasteiger partial charge in [-0.3, -0.25) is 4.79 Å². The molecule has 1 fully saturated rings. The van der Waals surface area contributed by atoms with Crippen molar-refractivity contribution in [3.8, 4) is 0 Å². The Bertz CT molecular complexity index is 439. The van der Waals surface area contributed by atoms with Gasteiger partial charge >= 0.3 is 0 Å². The van der Waals surface area contributed by atoms with Crippen molar-refractivity contribution in [1.82, 2.24) is 4.90 Å². The minimum Gasteiger partial charge on any atom is -0.382 e. The van der Waals surface area contributed by atoms with E-state index in [1.807, 2.05) is 24.0 Å². The number of anilines is 1. The number of nitrogens with one attached hydrogen (secondary N) is 1. The molecule has 1 aromatic rings. The summed E-state index contributed by atoms with van der Waals surface area (Å²) in [5.41, 5.74) is 2.15. The molecule has 0 aliphatic carbocycles. The monoisotopic (exact) mass is 266 g/mol. The van der Waals surface area contributed by atoms with Crippen LogP contribution >= 0.6 is 11.6 Å². The van der Waals surface area contributed by atoms with E-state index in [2.05, 4.69) is 11.4 Å². The summed E-state index contributed by atoms with van der Waals surface area (Å²) in [6.07, 6.45) is 1.98. The van der Waals surface area contributed by atoms with Crippen LogP contribution in [0.25, 0.3) is 0 Å². The second kappa shape index (κ2) is 5.61. The van der Waals surface area contributed by atoms with Crippen LogP contribution in [0.1, 0.15) is 25.3 Å². The number of carbonyl (C=O) groups excluding carboxylic acids is 1. The quantitative estimate of drug-likeness (QED) is 0.892. The fraction of sp³-hybridized carbons (Fsp3) is 0.500. The van der Waals surface area contributed by atoms with Gasteiger partial charge in [0.15, 0.2) is 0 Å². The van der Waals surface area contributed by atoms with E-state index in [1.165, 1.54) is 0 Å². The molecule has 2 rings (SSSR count). The first-order chi connectivity index (χ1) is 8.56. The molecule has 3 nitrogen and oxygen atoms in total. The number of aryl methyl sites for hydroxylation is 1. The molecule has 18 heavy (non-hydrogen) atoms. The Kier molecular flexibility index (Phi) is 4.12. The third-order valence-electron chi connectivity index (χ3n) is 3.48. The highest BCUT2D eigenvalue weighted by Crippen LogP contribution is 2.22. The lowest BCUT2D eigenvalue weighted by atomic mass is 10.0. The molecular formula is C14H19ClN2O. The molecule has 0 aromatic heterocycles. The van der Waals surface area contributed by atoms with Crippen LogP contribution in [0.4, 0.5) is 5.69 Å². The van der Waals surface area contributed by atoms with Gasteiger partial charge in [0.05, 0.1) is 0 Å². The topological polar surface area (TPSA) is 32.3 Å². The molecule has 0 atom stereocenters. The van der Waals surface area contributed by atoms with Crippen molar-refractivity contribution in [3.63, 3.8) is 0 Å². The summed E-state index contributed by atoms with van der Waals surface area (Å²) >= 11 is 6.10. The van der Waals surface area contributed by atoms with Crippen molar-refractivity contribution in [2.24, 2.45) is 0 Å². The van der Waals surface area contributed by atoms with E-state index < -0.39 is 0 Å². The van der Waals surface area contributed by atoms with E-state index in [-0.39, 0.29) is 5.91 Å².